The van der Waals surface area contributed by atoms with Crippen molar-refractivity contribution in [1.29, 1.82) is 0 Å². The highest BCUT2D eigenvalue weighted by molar-refractivity contribution is 7.92. The van der Waals surface area contributed by atoms with Crippen LogP contribution in [0.1, 0.15) is 49.8 Å². The number of nitrogens with one attached hydrogen (secondary N) is 1. The van der Waals surface area contributed by atoms with E-state index in [-0.39, 0.29) is 31.3 Å². The molecule has 0 aliphatic carbocycles. The molecule has 2 amide bonds. The average Bonchev–Trinajstić information content (AvgIpc) is 2.81. The van der Waals surface area contributed by atoms with Gasteiger partial charge in [0.2, 0.25) is 21.8 Å². The number of benzene rings is 2. The van der Waals surface area contributed by atoms with Crippen LogP contribution in [0.3, 0.4) is 0 Å². The van der Waals surface area contributed by atoms with Crippen molar-refractivity contribution in [3.63, 3.8) is 0 Å². The standard InChI is InChI=1S/C26H35Cl2N3O4S/c1-6-13-29-26(33)20(4)30(17-21-10-12-23(27)24(28)16-21)25(32)8-7-14-31(36(5,34)35)22-11-9-18(2)19(3)15-22/h9-12,15-16,20H,6-8,13-14,17H2,1-5H3,(H,29,33). The van der Waals surface area contributed by atoms with Crippen LogP contribution in [0.4, 0.5) is 5.69 Å². The number of aryl methyl sites for hydroxylation is 2. The van der Waals surface area contributed by atoms with Crippen LogP contribution in [0.5, 0.6) is 0 Å². The van der Waals surface area contributed by atoms with Crippen LogP contribution in [-0.4, -0.2) is 50.5 Å². The average molecular weight is 557 g/mol. The van der Waals surface area contributed by atoms with Crippen molar-refractivity contribution >= 4 is 50.7 Å². The molecule has 0 saturated carbocycles. The molecule has 1 N–H and O–H groups in total. The first-order chi connectivity index (χ1) is 16.8. The largest absolute Gasteiger partial charge is 0.354 e. The SMILES string of the molecule is CCCNC(=O)C(C)N(Cc1ccc(Cl)c(Cl)c1)C(=O)CCCN(c1ccc(C)c(C)c1)S(C)(=O)=O. The summed E-state index contributed by atoms with van der Waals surface area (Å²) in [5.74, 6) is -0.507. The number of halogens is 2. The van der Waals surface area contributed by atoms with Gasteiger partial charge in [0.1, 0.15) is 6.04 Å². The number of hydrogen-bond donors (Lipinski definition) is 1. The van der Waals surface area contributed by atoms with Crippen molar-refractivity contribution in [3.05, 3.63) is 63.1 Å². The molecule has 1 unspecified atom stereocenters. The molecule has 0 saturated heterocycles. The van der Waals surface area contributed by atoms with Crippen LogP contribution in [0.2, 0.25) is 10.0 Å². The van der Waals surface area contributed by atoms with Gasteiger partial charge in [-0.15, -0.1) is 0 Å². The maximum absolute atomic E-state index is 13.3. The molecule has 2 aromatic rings. The van der Waals surface area contributed by atoms with Crippen molar-refractivity contribution in [1.82, 2.24) is 10.2 Å². The number of nitrogens with zero attached hydrogens (tertiary/aromatic N) is 2. The van der Waals surface area contributed by atoms with Crippen molar-refractivity contribution in [2.75, 3.05) is 23.7 Å². The van der Waals surface area contributed by atoms with Crippen molar-refractivity contribution < 1.29 is 18.0 Å². The Morgan fingerprint density at radius 2 is 1.72 bits per heavy atom. The van der Waals surface area contributed by atoms with Crippen LogP contribution >= 0.6 is 23.2 Å². The molecule has 2 aromatic carbocycles. The zero-order valence-corrected chi connectivity index (χ0v) is 23.8. The highest BCUT2D eigenvalue weighted by Gasteiger charge is 2.26. The molecular weight excluding hydrogens is 521 g/mol. The quantitative estimate of drug-likeness (QED) is 0.394. The Morgan fingerprint density at radius 1 is 1.03 bits per heavy atom. The van der Waals surface area contributed by atoms with E-state index in [1.165, 1.54) is 9.21 Å². The first-order valence-corrected chi connectivity index (χ1v) is 14.5. The number of amides is 2. The fourth-order valence-corrected chi connectivity index (χ4v) is 4.98. The van der Waals surface area contributed by atoms with Gasteiger partial charge in [0.05, 0.1) is 22.0 Å². The minimum Gasteiger partial charge on any atom is -0.354 e. The second-order valence-electron chi connectivity index (χ2n) is 8.94. The van der Waals surface area contributed by atoms with Crippen LogP contribution in [0.15, 0.2) is 36.4 Å². The predicted octanol–water partition coefficient (Wildman–Crippen LogP) is 5.10. The maximum Gasteiger partial charge on any atom is 0.242 e. The summed E-state index contributed by atoms with van der Waals surface area (Å²) in [6.07, 6.45) is 2.29. The molecule has 36 heavy (non-hydrogen) atoms. The van der Waals surface area contributed by atoms with E-state index in [1.807, 2.05) is 32.9 Å². The Bertz CT molecular complexity index is 1190. The third-order valence-corrected chi connectivity index (χ3v) is 7.92. The second kappa shape index (κ2) is 13.3. The monoisotopic (exact) mass is 555 g/mol. The smallest absolute Gasteiger partial charge is 0.242 e. The molecule has 0 aliphatic heterocycles. The van der Waals surface area contributed by atoms with E-state index in [2.05, 4.69) is 5.32 Å². The number of carbonyl (C=O) groups is 2. The van der Waals surface area contributed by atoms with Gasteiger partial charge in [0.15, 0.2) is 0 Å². The molecule has 7 nitrogen and oxygen atoms in total. The first-order valence-electron chi connectivity index (χ1n) is 11.9. The molecule has 0 aromatic heterocycles. The Morgan fingerprint density at radius 3 is 2.31 bits per heavy atom. The minimum atomic E-state index is -3.55. The number of sulfonamides is 1. The molecule has 198 valence electrons. The summed E-state index contributed by atoms with van der Waals surface area (Å²) in [4.78, 5) is 27.5. The van der Waals surface area contributed by atoms with E-state index in [1.54, 1.807) is 31.2 Å². The van der Waals surface area contributed by atoms with E-state index in [9.17, 15) is 18.0 Å². The van der Waals surface area contributed by atoms with Gasteiger partial charge in [0, 0.05) is 26.1 Å². The third-order valence-electron chi connectivity index (χ3n) is 5.98. The van der Waals surface area contributed by atoms with Gasteiger partial charge in [0.25, 0.3) is 0 Å². The zero-order chi connectivity index (χ0) is 27.0. The zero-order valence-electron chi connectivity index (χ0n) is 21.5. The molecule has 0 heterocycles. The van der Waals surface area contributed by atoms with Crippen molar-refractivity contribution in [2.24, 2.45) is 0 Å². The molecule has 1 atom stereocenters. The van der Waals surface area contributed by atoms with Crippen molar-refractivity contribution in [2.45, 2.75) is 59.5 Å². The van der Waals surface area contributed by atoms with Crippen LogP contribution in [0, 0.1) is 13.8 Å². The van der Waals surface area contributed by atoms with Crippen molar-refractivity contribution in [3.8, 4) is 0 Å². The van der Waals surface area contributed by atoms with Gasteiger partial charge in [-0.05, 0) is 74.6 Å². The lowest BCUT2D eigenvalue weighted by Gasteiger charge is -2.29. The number of carbonyl (C=O) groups excluding carboxylic acids is 2. The lowest BCUT2D eigenvalue weighted by atomic mass is 10.1. The second-order valence-corrected chi connectivity index (χ2v) is 11.7. The fraction of sp³-hybridized carbons (Fsp3) is 0.462. The fourth-order valence-electron chi connectivity index (χ4n) is 3.70. The third kappa shape index (κ3) is 8.39. The molecule has 2 rings (SSSR count). The van der Waals surface area contributed by atoms with Gasteiger partial charge < -0.3 is 10.2 Å². The normalized spacial score (nSPS) is 12.2. The maximum atomic E-state index is 13.3. The van der Waals surface area contributed by atoms with Gasteiger partial charge in [-0.25, -0.2) is 8.42 Å². The summed E-state index contributed by atoms with van der Waals surface area (Å²) in [5, 5.41) is 3.60. The minimum absolute atomic E-state index is 0.0730. The Balaban J connectivity index is 2.19. The van der Waals surface area contributed by atoms with Crippen LogP contribution in [0.25, 0.3) is 0 Å². The Labute approximate surface area is 224 Å². The highest BCUT2D eigenvalue weighted by atomic mass is 35.5. The Kier molecular flexibility index (Phi) is 11.1. The molecule has 0 aliphatic rings. The van der Waals surface area contributed by atoms with Crippen LogP contribution < -0.4 is 9.62 Å². The molecule has 0 fully saturated rings. The highest BCUT2D eigenvalue weighted by Crippen LogP contribution is 2.25. The van der Waals surface area contributed by atoms with E-state index in [4.69, 9.17) is 23.2 Å². The van der Waals surface area contributed by atoms with Gasteiger partial charge in [-0.1, -0.05) is 42.3 Å². The number of rotatable bonds is 12. The summed E-state index contributed by atoms with van der Waals surface area (Å²) in [6, 6.07) is 9.84. The summed E-state index contributed by atoms with van der Waals surface area (Å²) in [7, 11) is -3.55. The topological polar surface area (TPSA) is 86.8 Å². The van der Waals surface area contributed by atoms with Gasteiger partial charge >= 0.3 is 0 Å². The summed E-state index contributed by atoms with van der Waals surface area (Å²) >= 11 is 12.2. The van der Waals surface area contributed by atoms with E-state index in [0.29, 0.717) is 28.7 Å². The summed E-state index contributed by atoms with van der Waals surface area (Å²) in [5.41, 5.74) is 3.35. The molecule has 0 radical (unpaired) electrons. The van der Waals surface area contributed by atoms with Crippen LogP contribution in [-0.2, 0) is 26.2 Å². The number of anilines is 1. The number of hydrogen-bond acceptors (Lipinski definition) is 4. The van der Waals surface area contributed by atoms with Gasteiger partial charge in [-0.3, -0.25) is 13.9 Å². The van der Waals surface area contributed by atoms with E-state index < -0.39 is 16.1 Å². The van der Waals surface area contributed by atoms with E-state index >= 15 is 0 Å². The molecule has 10 heteroatoms. The predicted molar refractivity (Wildman–Crippen MR) is 147 cm³/mol. The summed E-state index contributed by atoms with van der Waals surface area (Å²) < 4.78 is 26.3. The Hall–Kier alpha value is -2.29. The lowest BCUT2D eigenvalue weighted by Crippen LogP contribution is -2.47. The molecular formula is C26H35Cl2N3O4S. The molecule has 0 spiro atoms. The lowest BCUT2D eigenvalue weighted by molar-refractivity contribution is -0.140. The van der Waals surface area contributed by atoms with E-state index in [0.717, 1.165) is 29.4 Å². The first kappa shape index (κ1) is 29.9. The molecule has 0 bridgehead atoms. The van der Waals surface area contributed by atoms with Gasteiger partial charge in [-0.2, -0.15) is 0 Å². The summed E-state index contributed by atoms with van der Waals surface area (Å²) in [6.45, 7) is 8.34.